The van der Waals surface area contributed by atoms with Crippen LogP contribution in [-0.2, 0) is 10.2 Å². The van der Waals surface area contributed by atoms with Gasteiger partial charge in [0.25, 0.3) is 0 Å². The maximum Gasteiger partial charge on any atom is 0.223 e. The SMILES string of the molecule is CC(C)(CNC(=O)C1CCC1)c1ccc(Br)cc1. The van der Waals surface area contributed by atoms with Crippen LogP contribution in [0.5, 0.6) is 0 Å². The number of nitrogens with one attached hydrogen (secondary N) is 1. The average Bonchev–Trinajstić information content (AvgIpc) is 2.25. The first-order valence-electron chi connectivity index (χ1n) is 6.53. The van der Waals surface area contributed by atoms with Crippen molar-refractivity contribution in [1.29, 1.82) is 0 Å². The second kappa shape index (κ2) is 5.43. The van der Waals surface area contributed by atoms with Gasteiger partial charge in [-0.2, -0.15) is 0 Å². The smallest absolute Gasteiger partial charge is 0.223 e. The van der Waals surface area contributed by atoms with Gasteiger partial charge in [-0.3, -0.25) is 4.79 Å². The maximum absolute atomic E-state index is 11.8. The monoisotopic (exact) mass is 309 g/mol. The Morgan fingerprint density at radius 2 is 1.94 bits per heavy atom. The van der Waals surface area contributed by atoms with Gasteiger partial charge < -0.3 is 5.32 Å². The molecular weight excluding hydrogens is 290 g/mol. The van der Waals surface area contributed by atoms with E-state index >= 15 is 0 Å². The number of hydrogen-bond donors (Lipinski definition) is 1. The van der Waals surface area contributed by atoms with Gasteiger partial charge in [-0.15, -0.1) is 0 Å². The lowest BCUT2D eigenvalue weighted by Gasteiger charge is -2.29. The summed E-state index contributed by atoms with van der Waals surface area (Å²) < 4.78 is 1.08. The summed E-state index contributed by atoms with van der Waals surface area (Å²) >= 11 is 3.44. The summed E-state index contributed by atoms with van der Waals surface area (Å²) in [6, 6.07) is 8.31. The standard InChI is InChI=1S/C15H20BrNO/c1-15(2,12-6-8-13(16)9-7-12)10-17-14(18)11-4-3-5-11/h6-9,11H,3-5,10H2,1-2H3,(H,17,18). The van der Waals surface area contributed by atoms with Crippen LogP contribution in [0.25, 0.3) is 0 Å². The fraction of sp³-hybridized carbons (Fsp3) is 0.533. The van der Waals surface area contributed by atoms with Crippen molar-refractivity contribution in [3.05, 3.63) is 34.3 Å². The lowest BCUT2D eigenvalue weighted by Crippen LogP contribution is -2.41. The third kappa shape index (κ3) is 3.14. The second-order valence-corrected chi connectivity index (χ2v) is 6.65. The Bertz CT molecular complexity index is 421. The number of carbonyl (C=O) groups is 1. The van der Waals surface area contributed by atoms with Crippen LogP contribution in [-0.4, -0.2) is 12.5 Å². The summed E-state index contributed by atoms with van der Waals surface area (Å²) in [7, 11) is 0. The highest BCUT2D eigenvalue weighted by atomic mass is 79.9. The summed E-state index contributed by atoms with van der Waals surface area (Å²) in [5, 5.41) is 3.09. The first-order valence-corrected chi connectivity index (χ1v) is 7.32. The molecule has 0 saturated heterocycles. The van der Waals surface area contributed by atoms with Gasteiger partial charge >= 0.3 is 0 Å². The fourth-order valence-corrected chi connectivity index (χ4v) is 2.39. The van der Waals surface area contributed by atoms with E-state index in [0.717, 1.165) is 17.3 Å². The molecule has 0 aliphatic heterocycles. The lowest BCUT2D eigenvalue weighted by atomic mass is 9.82. The molecule has 0 radical (unpaired) electrons. The van der Waals surface area contributed by atoms with Gasteiger partial charge in [0.05, 0.1) is 0 Å². The van der Waals surface area contributed by atoms with Gasteiger partial charge in [-0.25, -0.2) is 0 Å². The van der Waals surface area contributed by atoms with Crippen molar-refractivity contribution in [2.75, 3.05) is 6.54 Å². The van der Waals surface area contributed by atoms with Crippen molar-refractivity contribution in [3.8, 4) is 0 Å². The highest BCUT2D eigenvalue weighted by Gasteiger charge is 2.27. The van der Waals surface area contributed by atoms with Crippen LogP contribution >= 0.6 is 15.9 Å². The summed E-state index contributed by atoms with van der Waals surface area (Å²) in [6.45, 7) is 5.03. The van der Waals surface area contributed by atoms with Crippen LogP contribution in [0.3, 0.4) is 0 Å². The summed E-state index contributed by atoms with van der Waals surface area (Å²) in [5.74, 6) is 0.497. The Kier molecular flexibility index (Phi) is 4.10. The number of amides is 1. The van der Waals surface area contributed by atoms with Gasteiger partial charge in [0.1, 0.15) is 0 Å². The highest BCUT2D eigenvalue weighted by Crippen LogP contribution is 2.27. The van der Waals surface area contributed by atoms with E-state index in [-0.39, 0.29) is 17.2 Å². The predicted molar refractivity (Wildman–Crippen MR) is 77.5 cm³/mol. The van der Waals surface area contributed by atoms with Crippen molar-refractivity contribution >= 4 is 21.8 Å². The molecule has 1 aliphatic rings. The largest absolute Gasteiger partial charge is 0.355 e. The number of rotatable bonds is 4. The van der Waals surface area contributed by atoms with Gasteiger partial charge in [0, 0.05) is 22.4 Å². The van der Waals surface area contributed by atoms with Crippen molar-refractivity contribution in [3.63, 3.8) is 0 Å². The Hall–Kier alpha value is -0.830. The molecule has 0 aromatic heterocycles. The topological polar surface area (TPSA) is 29.1 Å². The summed E-state index contributed by atoms with van der Waals surface area (Å²) in [5.41, 5.74) is 1.22. The molecule has 0 atom stereocenters. The molecule has 1 aliphatic carbocycles. The van der Waals surface area contributed by atoms with Crippen LogP contribution in [0.4, 0.5) is 0 Å². The van der Waals surface area contributed by atoms with E-state index in [1.54, 1.807) is 0 Å². The fourth-order valence-electron chi connectivity index (χ4n) is 2.13. The van der Waals surface area contributed by atoms with E-state index < -0.39 is 0 Å². The normalized spacial score (nSPS) is 16.2. The Labute approximate surface area is 117 Å². The molecule has 1 saturated carbocycles. The Morgan fingerprint density at radius 1 is 1.33 bits per heavy atom. The molecule has 0 heterocycles. The maximum atomic E-state index is 11.8. The number of carbonyl (C=O) groups excluding carboxylic acids is 1. The van der Waals surface area contributed by atoms with E-state index in [0.29, 0.717) is 6.54 Å². The average molecular weight is 310 g/mol. The predicted octanol–water partition coefficient (Wildman–Crippen LogP) is 3.64. The van der Waals surface area contributed by atoms with Gasteiger partial charge in [0.15, 0.2) is 0 Å². The van der Waals surface area contributed by atoms with Crippen LogP contribution in [0.15, 0.2) is 28.7 Å². The minimum absolute atomic E-state index is 0.0277. The molecule has 1 N–H and O–H groups in total. The molecule has 0 bridgehead atoms. The Morgan fingerprint density at radius 3 is 2.44 bits per heavy atom. The molecule has 0 unspecified atom stereocenters. The molecule has 3 heteroatoms. The van der Waals surface area contributed by atoms with Crippen molar-refractivity contribution in [2.45, 2.75) is 38.5 Å². The second-order valence-electron chi connectivity index (χ2n) is 5.74. The molecule has 1 amide bonds. The molecule has 1 fully saturated rings. The van der Waals surface area contributed by atoms with Crippen LogP contribution in [0.1, 0.15) is 38.7 Å². The molecule has 2 nitrogen and oxygen atoms in total. The van der Waals surface area contributed by atoms with Crippen molar-refractivity contribution < 1.29 is 4.79 Å². The minimum atomic E-state index is -0.0277. The summed E-state index contributed by atoms with van der Waals surface area (Å²) in [4.78, 5) is 11.8. The summed E-state index contributed by atoms with van der Waals surface area (Å²) in [6.07, 6.45) is 3.32. The number of hydrogen-bond acceptors (Lipinski definition) is 1. The van der Waals surface area contributed by atoms with E-state index in [4.69, 9.17) is 0 Å². The zero-order valence-corrected chi connectivity index (χ0v) is 12.6. The quantitative estimate of drug-likeness (QED) is 0.904. The zero-order chi connectivity index (χ0) is 13.2. The molecular formula is C15H20BrNO. The van der Waals surface area contributed by atoms with Crippen molar-refractivity contribution in [1.82, 2.24) is 5.32 Å². The molecule has 0 spiro atoms. The molecule has 98 valence electrons. The molecule has 18 heavy (non-hydrogen) atoms. The highest BCUT2D eigenvalue weighted by molar-refractivity contribution is 9.10. The van der Waals surface area contributed by atoms with E-state index in [9.17, 15) is 4.79 Å². The van der Waals surface area contributed by atoms with Gasteiger partial charge in [0.2, 0.25) is 5.91 Å². The van der Waals surface area contributed by atoms with Crippen molar-refractivity contribution in [2.24, 2.45) is 5.92 Å². The zero-order valence-electron chi connectivity index (χ0n) is 11.0. The van der Waals surface area contributed by atoms with Gasteiger partial charge in [-0.1, -0.05) is 48.3 Å². The minimum Gasteiger partial charge on any atom is -0.355 e. The molecule has 1 aromatic rings. The molecule has 2 rings (SSSR count). The first kappa shape index (κ1) is 13.6. The third-order valence-electron chi connectivity index (χ3n) is 3.81. The van der Waals surface area contributed by atoms with Crippen LogP contribution < -0.4 is 5.32 Å². The van der Waals surface area contributed by atoms with Crippen LogP contribution in [0, 0.1) is 5.92 Å². The van der Waals surface area contributed by atoms with Crippen LogP contribution in [0.2, 0.25) is 0 Å². The third-order valence-corrected chi connectivity index (χ3v) is 4.33. The number of benzene rings is 1. The number of halogens is 1. The van der Waals surface area contributed by atoms with E-state index in [1.807, 2.05) is 12.1 Å². The Balaban J connectivity index is 1.93. The first-order chi connectivity index (χ1) is 8.49. The lowest BCUT2D eigenvalue weighted by molar-refractivity contribution is -0.127. The molecule has 1 aromatic carbocycles. The van der Waals surface area contributed by atoms with E-state index in [1.165, 1.54) is 12.0 Å². The van der Waals surface area contributed by atoms with E-state index in [2.05, 4.69) is 47.2 Å². The van der Waals surface area contributed by atoms with Gasteiger partial charge in [-0.05, 0) is 30.5 Å².